The largest absolute Gasteiger partial charge is 0.329 e. The fourth-order valence-electron chi connectivity index (χ4n) is 2.86. The molecule has 2 rings (SSSR count). The molecule has 0 heterocycles. The van der Waals surface area contributed by atoms with Crippen LogP contribution in [0.25, 0.3) is 0 Å². The summed E-state index contributed by atoms with van der Waals surface area (Å²) in [6.45, 7) is 9.12. The predicted molar refractivity (Wildman–Crippen MR) is 90.2 cm³/mol. The Labute approximate surface area is 128 Å². The third-order valence-electron chi connectivity index (χ3n) is 3.92. The average Bonchev–Trinajstić information content (AvgIpc) is 2.46. The minimum absolute atomic E-state index is 0.368. The molecule has 0 aliphatic rings. The van der Waals surface area contributed by atoms with Crippen LogP contribution in [0, 0.1) is 13.8 Å². The molecule has 0 aliphatic carbocycles. The molecule has 2 aromatic rings. The summed E-state index contributed by atoms with van der Waals surface area (Å²) < 4.78 is 0. The van der Waals surface area contributed by atoms with Gasteiger partial charge in [0.15, 0.2) is 0 Å². The molecule has 0 amide bonds. The van der Waals surface area contributed by atoms with E-state index in [4.69, 9.17) is 5.73 Å². The molecule has 0 bridgehead atoms. The summed E-state index contributed by atoms with van der Waals surface area (Å²) in [5.41, 5.74) is 11.2. The van der Waals surface area contributed by atoms with Crippen molar-refractivity contribution >= 4 is 0 Å². The molecular weight excluding hydrogens is 256 g/mol. The number of rotatable bonds is 6. The van der Waals surface area contributed by atoms with Crippen LogP contribution in [0.2, 0.25) is 0 Å². The lowest BCUT2D eigenvalue weighted by Crippen LogP contribution is -2.31. The molecule has 2 nitrogen and oxygen atoms in total. The molecule has 2 aromatic carbocycles. The normalized spacial score (nSPS) is 12.6. The van der Waals surface area contributed by atoms with E-state index in [0.29, 0.717) is 12.6 Å². The van der Waals surface area contributed by atoms with Crippen molar-refractivity contribution in [2.24, 2.45) is 5.73 Å². The van der Waals surface area contributed by atoms with Gasteiger partial charge in [-0.2, -0.15) is 0 Å². The zero-order valence-corrected chi connectivity index (χ0v) is 13.3. The summed E-state index contributed by atoms with van der Waals surface area (Å²) in [5, 5.41) is 0. The first-order chi connectivity index (χ1) is 10.1. The van der Waals surface area contributed by atoms with E-state index in [1.807, 2.05) is 0 Å². The maximum Gasteiger partial charge on any atom is 0.0324 e. The fraction of sp³-hybridized carbons (Fsp3) is 0.368. The van der Waals surface area contributed by atoms with Gasteiger partial charge >= 0.3 is 0 Å². The van der Waals surface area contributed by atoms with E-state index in [-0.39, 0.29) is 0 Å². The molecule has 2 N–H and O–H groups in total. The SMILES string of the molecule is Cc1cc(C)cc(C(C)N(CCN)Cc2ccccc2)c1. The number of benzene rings is 2. The zero-order valence-electron chi connectivity index (χ0n) is 13.3. The van der Waals surface area contributed by atoms with Crippen LogP contribution in [0.4, 0.5) is 0 Å². The van der Waals surface area contributed by atoms with Crippen molar-refractivity contribution in [2.75, 3.05) is 13.1 Å². The smallest absolute Gasteiger partial charge is 0.0324 e. The van der Waals surface area contributed by atoms with Crippen molar-refractivity contribution < 1.29 is 0 Å². The summed E-state index contributed by atoms with van der Waals surface area (Å²) in [6, 6.07) is 17.8. The van der Waals surface area contributed by atoms with Gasteiger partial charge in [-0.15, -0.1) is 0 Å². The summed E-state index contributed by atoms with van der Waals surface area (Å²) in [6.07, 6.45) is 0. The van der Waals surface area contributed by atoms with Crippen LogP contribution in [0.15, 0.2) is 48.5 Å². The van der Waals surface area contributed by atoms with Crippen molar-refractivity contribution in [1.29, 1.82) is 0 Å². The second kappa shape index (κ2) is 7.39. The highest BCUT2D eigenvalue weighted by Crippen LogP contribution is 2.24. The predicted octanol–water partition coefficient (Wildman–Crippen LogP) is 3.83. The highest BCUT2D eigenvalue weighted by Gasteiger charge is 2.16. The lowest BCUT2D eigenvalue weighted by molar-refractivity contribution is 0.207. The van der Waals surface area contributed by atoms with E-state index in [0.717, 1.165) is 13.1 Å². The van der Waals surface area contributed by atoms with Gasteiger partial charge in [-0.3, -0.25) is 4.90 Å². The van der Waals surface area contributed by atoms with Gasteiger partial charge in [0.2, 0.25) is 0 Å². The molecule has 1 unspecified atom stereocenters. The molecule has 0 aliphatic heterocycles. The van der Waals surface area contributed by atoms with Crippen molar-refractivity contribution in [3.8, 4) is 0 Å². The highest BCUT2D eigenvalue weighted by molar-refractivity contribution is 5.30. The van der Waals surface area contributed by atoms with Crippen LogP contribution in [0.1, 0.15) is 35.2 Å². The summed E-state index contributed by atoms with van der Waals surface area (Å²) in [7, 11) is 0. The van der Waals surface area contributed by atoms with Crippen LogP contribution >= 0.6 is 0 Å². The Morgan fingerprint density at radius 1 is 1.00 bits per heavy atom. The van der Waals surface area contributed by atoms with Crippen LogP contribution in [0.3, 0.4) is 0 Å². The van der Waals surface area contributed by atoms with Gasteiger partial charge in [0.05, 0.1) is 0 Å². The number of hydrogen-bond donors (Lipinski definition) is 1. The van der Waals surface area contributed by atoms with E-state index >= 15 is 0 Å². The van der Waals surface area contributed by atoms with Crippen molar-refractivity contribution in [3.05, 3.63) is 70.8 Å². The Hall–Kier alpha value is -1.64. The Bertz CT molecular complexity index is 543. The standard InChI is InChI=1S/C19H26N2/c1-15-11-16(2)13-19(12-15)17(3)21(10-9-20)14-18-7-5-4-6-8-18/h4-8,11-13,17H,9-10,14,20H2,1-3H3. The molecule has 0 saturated heterocycles. The monoisotopic (exact) mass is 282 g/mol. The van der Waals surface area contributed by atoms with Crippen molar-refractivity contribution in [3.63, 3.8) is 0 Å². The van der Waals surface area contributed by atoms with Crippen LogP contribution in [0.5, 0.6) is 0 Å². The number of aryl methyl sites for hydroxylation is 2. The minimum Gasteiger partial charge on any atom is -0.329 e. The highest BCUT2D eigenvalue weighted by atomic mass is 15.2. The van der Waals surface area contributed by atoms with E-state index in [9.17, 15) is 0 Å². The molecule has 0 saturated carbocycles. The van der Waals surface area contributed by atoms with Crippen molar-refractivity contribution in [2.45, 2.75) is 33.4 Å². The Balaban J connectivity index is 2.20. The second-order valence-electron chi connectivity index (χ2n) is 5.84. The minimum atomic E-state index is 0.368. The van der Waals surface area contributed by atoms with E-state index in [2.05, 4.69) is 74.2 Å². The molecule has 112 valence electrons. The molecule has 2 heteroatoms. The second-order valence-corrected chi connectivity index (χ2v) is 5.84. The molecule has 0 radical (unpaired) electrons. The molecule has 0 aromatic heterocycles. The van der Waals surface area contributed by atoms with Gasteiger partial charge < -0.3 is 5.73 Å². The number of nitrogens with two attached hydrogens (primary N) is 1. The van der Waals surface area contributed by atoms with Crippen LogP contribution < -0.4 is 5.73 Å². The lowest BCUT2D eigenvalue weighted by Gasteiger charge is -2.29. The maximum atomic E-state index is 5.82. The fourth-order valence-corrected chi connectivity index (χ4v) is 2.86. The lowest BCUT2D eigenvalue weighted by atomic mass is 10.0. The van der Waals surface area contributed by atoms with E-state index < -0.39 is 0 Å². The average molecular weight is 282 g/mol. The third kappa shape index (κ3) is 4.42. The topological polar surface area (TPSA) is 29.3 Å². The first-order valence-electron chi connectivity index (χ1n) is 7.66. The van der Waals surface area contributed by atoms with Crippen LogP contribution in [-0.4, -0.2) is 18.0 Å². The van der Waals surface area contributed by atoms with Gasteiger partial charge in [-0.05, 0) is 31.9 Å². The van der Waals surface area contributed by atoms with E-state index in [1.165, 1.54) is 22.3 Å². The van der Waals surface area contributed by atoms with Gasteiger partial charge in [-0.25, -0.2) is 0 Å². The Morgan fingerprint density at radius 2 is 1.62 bits per heavy atom. The summed E-state index contributed by atoms with van der Waals surface area (Å²) in [5.74, 6) is 0. The Morgan fingerprint density at radius 3 is 2.19 bits per heavy atom. The number of nitrogens with zero attached hydrogens (tertiary/aromatic N) is 1. The molecule has 0 fully saturated rings. The van der Waals surface area contributed by atoms with Gasteiger partial charge in [0.25, 0.3) is 0 Å². The summed E-state index contributed by atoms with van der Waals surface area (Å²) >= 11 is 0. The molecular formula is C19H26N2. The van der Waals surface area contributed by atoms with Gasteiger partial charge in [0, 0.05) is 25.7 Å². The molecule has 1 atom stereocenters. The first kappa shape index (κ1) is 15.7. The number of hydrogen-bond acceptors (Lipinski definition) is 2. The molecule has 0 spiro atoms. The summed E-state index contributed by atoms with van der Waals surface area (Å²) in [4.78, 5) is 2.45. The van der Waals surface area contributed by atoms with Gasteiger partial charge in [-0.1, -0.05) is 59.7 Å². The maximum absolute atomic E-state index is 5.82. The first-order valence-corrected chi connectivity index (χ1v) is 7.66. The van der Waals surface area contributed by atoms with Crippen molar-refractivity contribution in [1.82, 2.24) is 4.90 Å². The Kier molecular flexibility index (Phi) is 5.54. The quantitative estimate of drug-likeness (QED) is 0.872. The van der Waals surface area contributed by atoms with Gasteiger partial charge in [0.1, 0.15) is 0 Å². The molecule has 21 heavy (non-hydrogen) atoms. The zero-order chi connectivity index (χ0) is 15.2. The third-order valence-corrected chi connectivity index (χ3v) is 3.92. The van der Waals surface area contributed by atoms with E-state index in [1.54, 1.807) is 0 Å². The van der Waals surface area contributed by atoms with Crippen LogP contribution in [-0.2, 0) is 6.54 Å².